The van der Waals surface area contributed by atoms with Crippen LogP contribution in [0.2, 0.25) is 0 Å². The van der Waals surface area contributed by atoms with Crippen molar-refractivity contribution >= 4 is 17.3 Å². The van der Waals surface area contributed by atoms with Gasteiger partial charge in [0.05, 0.1) is 5.56 Å². The molecule has 1 aromatic carbocycles. The molecule has 102 valence electrons. The molecule has 0 saturated heterocycles. The standard InChI is InChI=1S/C13H17ClF3N/c1-3-4-7-18(2)12-6-5-10(9-14)8-11(12)13(15,16)17/h5-6,8H,3-4,7,9H2,1-2H3. The molecular weight excluding hydrogens is 263 g/mol. The van der Waals surface area contributed by atoms with Crippen LogP contribution in [0.1, 0.15) is 30.9 Å². The molecular formula is C13H17ClF3N. The van der Waals surface area contributed by atoms with E-state index in [4.69, 9.17) is 11.6 Å². The van der Waals surface area contributed by atoms with E-state index in [1.807, 2.05) is 6.92 Å². The first-order chi connectivity index (χ1) is 8.40. The molecule has 0 aliphatic rings. The summed E-state index contributed by atoms with van der Waals surface area (Å²) in [5.41, 5.74) is 0.0840. The molecule has 0 bridgehead atoms. The second kappa shape index (κ2) is 6.32. The van der Waals surface area contributed by atoms with Crippen molar-refractivity contribution in [2.45, 2.75) is 31.8 Å². The molecule has 0 atom stereocenters. The van der Waals surface area contributed by atoms with Gasteiger partial charge in [-0.25, -0.2) is 0 Å². The summed E-state index contributed by atoms with van der Waals surface area (Å²) in [5.74, 6) is 0.0854. The van der Waals surface area contributed by atoms with Crippen molar-refractivity contribution in [2.24, 2.45) is 0 Å². The van der Waals surface area contributed by atoms with Crippen LogP contribution in [0.4, 0.5) is 18.9 Å². The molecule has 1 rings (SSSR count). The van der Waals surface area contributed by atoms with Gasteiger partial charge in [-0.15, -0.1) is 11.6 Å². The highest BCUT2D eigenvalue weighted by molar-refractivity contribution is 6.17. The highest BCUT2D eigenvalue weighted by Gasteiger charge is 2.34. The molecule has 0 fully saturated rings. The fourth-order valence-corrected chi connectivity index (χ4v) is 1.91. The summed E-state index contributed by atoms with van der Waals surface area (Å²) in [4.78, 5) is 1.64. The summed E-state index contributed by atoms with van der Waals surface area (Å²) in [6.07, 6.45) is -2.53. The molecule has 5 heteroatoms. The Labute approximate surface area is 111 Å². The van der Waals surface area contributed by atoms with Gasteiger partial charge in [-0.1, -0.05) is 19.4 Å². The van der Waals surface area contributed by atoms with Crippen LogP contribution in [0.3, 0.4) is 0 Å². The molecule has 0 aliphatic heterocycles. The van der Waals surface area contributed by atoms with Gasteiger partial charge in [0, 0.05) is 25.2 Å². The Bertz CT molecular complexity index is 390. The van der Waals surface area contributed by atoms with Crippen molar-refractivity contribution in [3.8, 4) is 0 Å². The lowest BCUT2D eigenvalue weighted by molar-refractivity contribution is -0.137. The molecule has 0 aromatic heterocycles. The molecule has 0 radical (unpaired) electrons. The summed E-state index contributed by atoms with van der Waals surface area (Å²) in [7, 11) is 1.68. The monoisotopic (exact) mass is 279 g/mol. The van der Waals surface area contributed by atoms with E-state index in [1.165, 1.54) is 6.07 Å². The molecule has 0 N–H and O–H groups in total. The van der Waals surface area contributed by atoms with Gasteiger partial charge < -0.3 is 4.90 Å². The van der Waals surface area contributed by atoms with Gasteiger partial charge in [0.25, 0.3) is 0 Å². The summed E-state index contributed by atoms with van der Waals surface area (Å²) in [5, 5.41) is 0. The Balaban J connectivity index is 3.10. The zero-order chi connectivity index (χ0) is 13.8. The number of hydrogen-bond acceptors (Lipinski definition) is 1. The van der Waals surface area contributed by atoms with Crippen LogP contribution in [0.5, 0.6) is 0 Å². The van der Waals surface area contributed by atoms with Crippen LogP contribution in [0.25, 0.3) is 0 Å². The van der Waals surface area contributed by atoms with Gasteiger partial charge in [0.1, 0.15) is 0 Å². The Morgan fingerprint density at radius 3 is 2.44 bits per heavy atom. The zero-order valence-corrected chi connectivity index (χ0v) is 11.3. The summed E-state index contributed by atoms with van der Waals surface area (Å²) in [6.45, 7) is 2.62. The third kappa shape index (κ3) is 3.80. The smallest absolute Gasteiger partial charge is 0.374 e. The topological polar surface area (TPSA) is 3.24 Å². The second-order valence-electron chi connectivity index (χ2n) is 4.26. The minimum absolute atomic E-state index is 0.0854. The maximum Gasteiger partial charge on any atom is 0.418 e. The third-order valence-electron chi connectivity index (χ3n) is 2.78. The maximum absolute atomic E-state index is 13.0. The molecule has 0 unspecified atom stereocenters. The Morgan fingerprint density at radius 1 is 1.28 bits per heavy atom. The van der Waals surface area contributed by atoms with Crippen molar-refractivity contribution in [2.75, 3.05) is 18.5 Å². The minimum atomic E-state index is -4.35. The van der Waals surface area contributed by atoms with Crippen molar-refractivity contribution < 1.29 is 13.2 Å². The number of anilines is 1. The highest BCUT2D eigenvalue weighted by atomic mass is 35.5. The van der Waals surface area contributed by atoms with Gasteiger partial charge in [-0.2, -0.15) is 13.2 Å². The number of hydrogen-bond donors (Lipinski definition) is 0. The fourth-order valence-electron chi connectivity index (χ4n) is 1.74. The normalized spacial score (nSPS) is 11.7. The van der Waals surface area contributed by atoms with E-state index in [1.54, 1.807) is 18.0 Å². The van der Waals surface area contributed by atoms with Gasteiger partial charge in [-0.3, -0.25) is 0 Å². The fraction of sp³-hybridized carbons (Fsp3) is 0.538. The quantitative estimate of drug-likeness (QED) is 0.707. The maximum atomic E-state index is 13.0. The van der Waals surface area contributed by atoms with Crippen molar-refractivity contribution in [1.82, 2.24) is 0 Å². The number of benzene rings is 1. The van der Waals surface area contributed by atoms with Crippen LogP contribution in [0.15, 0.2) is 18.2 Å². The third-order valence-corrected chi connectivity index (χ3v) is 3.09. The lowest BCUT2D eigenvalue weighted by Gasteiger charge is -2.24. The number of halogens is 4. The first-order valence-corrected chi connectivity index (χ1v) is 6.40. The van der Waals surface area contributed by atoms with Crippen LogP contribution < -0.4 is 4.90 Å². The summed E-state index contributed by atoms with van der Waals surface area (Å²) >= 11 is 5.58. The van der Waals surface area contributed by atoms with Gasteiger partial charge in [-0.05, 0) is 24.1 Å². The summed E-state index contributed by atoms with van der Waals surface area (Å²) in [6, 6.07) is 4.26. The van der Waals surface area contributed by atoms with Crippen LogP contribution in [0, 0.1) is 0 Å². The minimum Gasteiger partial charge on any atom is -0.374 e. The molecule has 0 heterocycles. The first kappa shape index (κ1) is 15.2. The predicted octanol–water partition coefficient (Wildman–Crippen LogP) is 4.68. The van der Waals surface area contributed by atoms with Crippen LogP contribution in [-0.4, -0.2) is 13.6 Å². The van der Waals surface area contributed by atoms with E-state index in [9.17, 15) is 13.2 Å². The molecule has 18 heavy (non-hydrogen) atoms. The molecule has 0 spiro atoms. The average molecular weight is 280 g/mol. The lowest BCUT2D eigenvalue weighted by Crippen LogP contribution is -2.22. The summed E-state index contributed by atoms with van der Waals surface area (Å²) < 4.78 is 38.9. The van der Waals surface area contributed by atoms with Crippen molar-refractivity contribution in [3.05, 3.63) is 29.3 Å². The van der Waals surface area contributed by atoms with Gasteiger partial charge in [0.2, 0.25) is 0 Å². The number of rotatable bonds is 5. The van der Waals surface area contributed by atoms with E-state index < -0.39 is 11.7 Å². The Hall–Kier alpha value is -0.900. The van der Waals surface area contributed by atoms with Crippen LogP contribution >= 0.6 is 11.6 Å². The molecule has 0 saturated carbocycles. The molecule has 1 nitrogen and oxygen atoms in total. The van der Waals surface area contributed by atoms with Crippen molar-refractivity contribution in [1.29, 1.82) is 0 Å². The zero-order valence-electron chi connectivity index (χ0n) is 10.5. The van der Waals surface area contributed by atoms with E-state index in [0.29, 0.717) is 12.1 Å². The second-order valence-corrected chi connectivity index (χ2v) is 4.53. The van der Waals surface area contributed by atoms with Gasteiger partial charge >= 0.3 is 6.18 Å². The van der Waals surface area contributed by atoms with Gasteiger partial charge in [0.15, 0.2) is 0 Å². The number of alkyl halides is 4. The van der Waals surface area contributed by atoms with Crippen LogP contribution in [-0.2, 0) is 12.1 Å². The van der Waals surface area contributed by atoms with E-state index in [-0.39, 0.29) is 11.6 Å². The highest BCUT2D eigenvalue weighted by Crippen LogP contribution is 2.37. The number of nitrogens with zero attached hydrogens (tertiary/aromatic N) is 1. The molecule has 0 amide bonds. The average Bonchev–Trinajstić information content (AvgIpc) is 2.34. The number of unbranched alkanes of at least 4 members (excludes halogenated alkanes) is 1. The first-order valence-electron chi connectivity index (χ1n) is 5.87. The van der Waals surface area contributed by atoms with E-state index in [0.717, 1.165) is 18.9 Å². The molecule has 0 aliphatic carbocycles. The Morgan fingerprint density at radius 2 is 1.94 bits per heavy atom. The lowest BCUT2D eigenvalue weighted by atomic mass is 10.1. The largest absolute Gasteiger partial charge is 0.418 e. The van der Waals surface area contributed by atoms with E-state index >= 15 is 0 Å². The predicted molar refractivity (Wildman–Crippen MR) is 69.2 cm³/mol. The Kier molecular flexibility index (Phi) is 5.32. The van der Waals surface area contributed by atoms with Crippen molar-refractivity contribution in [3.63, 3.8) is 0 Å². The SMILES string of the molecule is CCCCN(C)c1ccc(CCl)cc1C(F)(F)F. The van der Waals surface area contributed by atoms with E-state index in [2.05, 4.69) is 0 Å². The molecule has 1 aromatic rings.